The fourth-order valence-corrected chi connectivity index (χ4v) is 2.22. The fourth-order valence-electron chi connectivity index (χ4n) is 1.79. The highest BCUT2D eigenvalue weighted by Crippen LogP contribution is 2.19. The molecule has 0 aromatic carbocycles. The number of morpholine rings is 1. The summed E-state index contributed by atoms with van der Waals surface area (Å²) in [5, 5.41) is 0. The van der Waals surface area contributed by atoms with Crippen LogP contribution in [0.1, 0.15) is 34.1 Å². The Labute approximate surface area is 112 Å². The highest BCUT2D eigenvalue weighted by atomic mass is 79.9. The molecule has 100 valence electrons. The van der Waals surface area contributed by atoms with Gasteiger partial charge < -0.3 is 14.4 Å². The average Bonchev–Trinajstić information content (AvgIpc) is 2.14. The molecule has 1 fully saturated rings. The van der Waals surface area contributed by atoms with Crippen molar-refractivity contribution in [2.24, 2.45) is 0 Å². The Morgan fingerprint density at radius 1 is 1.59 bits per heavy atom. The molecule has 0 aromatic rings. The number of rotatable bonds is 2. The quantitative estimate of drug-likeness (QED) is 0.736. The molecule has 2 unspecified atom stereocenters. The van der Waals surface area contributed by atoms with Gasteiger partial charge in [-0.15, -0.1) is 0 Å². The first-order chi connectivity index (χ1) is 7.79. The zero-order chi connectivity index (χ0) is 13.1. The first kappa shape index (κ1) is 14.8. The van der Waals surface area contributed by atoms with Gasteiger partial charge in [-0.25, -0.2) is 4.79 Å². The van der Waals surface area contributed by atoms with Crippen molar-refractivity contribution in [3.05, 3.63) is 0 Å². The van der Waals surface area contributed by atoms with Crippen LogP contribution in [-0.4, -0.2) is 47.2 Å². The molecule has 1 saturated heterocycles. The first-order valence-corrected chi connectivity index (χ1v) is 6.92. The normalized spacial score (nSPS) is 23.4. The van der Waals surface area contributed by atoms with Crippen LogP contribution in [0, 0.1) is 0 Å². The topological polar surface area (TPSA) is 38.8 Å². The Bertz CT molecular complexity index is 263. The maximum atomic E-state index is 12.0. The highest BCUT2D eigenvalue weighted by Gasteiger charge is 2.31. The Hall–Kier alpha value is -0.290. The zero-order valence-corrected chi connectivity index (χ0v) is 12.6. The molecule has 1 amide bonds. The molecule has 0 aliphatic carbocycles. The molecule has 1 rings (SSSR count). The number of amides is 1. The van der Waals surface area contributed by atoms with Gasteiger partial charge in [-0.2, -0.15) is 0 Å². The van der Waals surface area contributed by atoms with Gasteiger partial charge in [0.2, 0.25) is 0 Å². The van der Waals surface area contributed by atoms with Crippen molar-refractivity contribution in [3.63, 3.8) is 0 Å². The van der Waals surface area contributed by atoms with Gasteiger partial charge in [0.05, 0.1) is 19.3 Å². The SMILES string of the molecule is CC(Br)CC1COCCN1C(=O)OC(C)(C)C. The number of ether oxygens (including phenoxy) is 2. The summed E-state index contributed by atoms with van der Waals surface area (Å²) in [6.45, 7) is 9.51. The highest BCUT2D eigenvalue weighted by molar-refractivity contribution is 9.09. The summed E-state index contributed by atoms with van der Waals surface area (Å²) in [6, 6.07) is 0.105. The molecular formula is C12H22BrNO3. The minimum Gasteiger partial charge on any atom is -0.444 e. The van der Waals surface area contributed by atoms with Gasteiger partial charge in [-0.3, -0.25) is 0 Å². The lowest BCUT2D eigenvalue weighted by molar-refractivity contribution is -0.0336. The minimum absolute atomic E-state index is 0.105. The van der Waals surface area contributed by atoms with Gasteiger partial charge in [0.25, 0.3) is 0 Å². The summed E-state index contributed by atoms with van der Waals surface area (Å²) in [6.07, 6.45) is 0.637. The lowest BCUT2D eigenvalue weighted by atomic mass is 10.1. The minimum atomic E-state index is -0.444. The van der Waals surface area contributed by atoms with E-state index >= 15 is 0 Å². The van der Waals surface area contributed by atoms with Gasteiger partial charge in [0.15, 0.2) is 0 Å². The van der Waals surface area contributed by atoms with E-state index in [1.807, 2.05) is 20.8 Å². The smallest absolute Gasteiger partial charge is 0.410 e. The van der Waals surface area contributed by atoms with Crippen LogP contribution in [0.4, 0.5) is 4.79 Å². The van der Waals surface area contributed by atoms with E-state index in [1.165, 1.54) is 0 Å². The molecule has 1 aliphatic heterocycles. The molecule has 0 radical (unpaired) electrons. The second-order valence-corrected chi connectivity index (χ2v) is 6.98. The average molecular weight is 308 g/mol. The van der Waals surface area contributed by atoms with Crippen LogP contribution in [0.5, 0.6) is 0 Å². The second-order valence-electron chi connectivity index (χ2n) is 5.42. The van der Waals surface area contributed by atoms with Gasteiger partial charge >= 0.3 is 6.09 Å². The van der Waals surface area contributed by atoms with E-state index in [4.69, 9.17) is 9.47 Å². The summed E-state index contributed by atoms with van der Waals surface area (Å²) in [7, 11) is 0. The van der Waals surface area contributed by atoms with E-state index in [2.05, 4.69) is 22.9 Å². The first-order valence-electron chi connectivity index (χ1n) is 6.01. The third kappa shape index (κ3) is 5.25. The van der Waals surface area contributed by atoms with Crippen LogP contribution < -0.4 is 0 Å². The summed E-state index contributed by atoms with van der Waals surface area (Å²) < 4.78 is 10.8. The van der Waals surface area contributed by atoms with E-state index in [1.54, 1.807) is 4.90 Å². The van der Waals surface area contributed by atoms with Crippen LogP contribution in [0.25, 0.3) is 0 Å². The molecule has 17 heavy (non-hydrogen) atoms. The van der Waals surface area contributed by atoms with Crippen molar-refractivity contribution in [1.29, 1.82) is 0 Å². The van der Waals surface area contributed by atoms with Crippen LogP contribution >= 0.6 is 15.9 Å². The fraction of sp³-hybridized carbons (Fsp3) is 0.917. The number of hydrogen-bond donors (Lipinski definition) is 0. The van der Waals surface area contributed by atoms with E-state index < -0.39 is 5.60 Å². The van der Waals surface area contributed by atoms with Crippen molar-refractivity contribution in [2.45, 2.75) is 50.6 Å². The van der Waals surface area contributed by atoms with Crippen molar-refractivity contribution >= 4 is 22.0 Å². The Morgan fingerprint density at radius 2 is 2.24 bits per heavy atom. The predicted molar refractivity (Wildman–Crippen MR) is 70.6 cm³/mol. The van der Waals surface area contributed by atoms with Gasteiger partial charge in [0.1, 0.15) is 5.60 Å². The maximum Gasteiger partial charge on any atom is 0.410 e. The number of alkyl halides is 1. The van der Waals surface area contributed by atoms with E-state index in [0.29, 0.717) is 24.6 Å². The van der Waals surface area contributed by atoms with Crippen LogP contribution in [0.15, 0.2) is 0 Å². The standard InChI is InChI=1S/C12H22BrNO3/c1-9(13)7-10-8-16-6-5-14(10)11(15)17-12(2,3)4/h9-10H,5-8H2,1-4H3. The molecule has 0 aromatic heterocycles. The van der Waals surface area contributed by atoms with Gasteiger partial charge in [-0.1, -0.05) is 22.9 Å². The van der Waals surface area contributed by atoms with E-state index in [9.17, 15) is 4.79 Å². The molecular weight excluding hydrogens is 286 g/mol. The number of hydrogen-bond acceptors (Lipinski definition) is 3. The van der Waals surface area contributed by atoms with E-state index in [0.717, 1.165) is 6.42 Å². The molecule has 1 heterocycles. The summed E-state index contributed by atoms with van der Waals surface area (Å²) in [4.78, 5) is 14.2. The monoisotopic (exact) mass is 307 g/mol. The third-order valence-electron chi connectivity index (χ3n) is 2.45. The van der Waals surface area contributed by atoms with E-state index in [-0.39, 0.29) is 12.1 Å². The maximum absolute atomic E-state index is 12.0. The second kappa shape index (κ2) is 6.05. The molecule has 1 aliphatic rings. The lowest BCUT2D eigenvalue weighted by Crippen LogP contribution is -2.50. The number of halogens is 1. The third-order valence-corrected chi connectivity index (χ3v) is 2.83. The molecule has 0 N–H and O–H groups in total. The van der Waals surface area contributed by atoms with Crippen LogP contribution in [0.2, 0.25) is 0 Å². The van der Waals surface area contributed by atoms with Gasteiger partial charge in [0, 0.05) is 11.4 Å². The van der Waals surface area contributed by atoms with Crippen molar-refractivity contribution in [3.8, 4) is 0 Å². The van der Waals surface area contributed by atoms with Crippen LogP contribution in [-0.2, 0) is 9.47 Å². The molecule has 4 nitrogen and oxygen atoms in total. The van der Waals surface area contributed by atoms with Crippen molar-refractivity contribution in [1.82, 2.24) is 4.90 Å². The Morgan fingerprint density at radius 3 is 2.76 bits per heavy atom. The predicted octanol–water partition coefficient (Wildman–Crippen LogP) is 2.80. The van der Waals surface area contributed by atoms with Gasteiger partial charge in [-0.05, 0) is 27.2 Å². The summed E-state index contributed by atoms with van der Waals surface area (Å²) in [5.41, 5.74) is -0.444. The molecule has 0 spiro atoms. The molecule has 5 heteroatoms. The molecule has 2 atom stereocenters. The Balaban J connectivity index is 2.61. The molecule has 0 saturated carbocycles. The summed E-state index contributed by atoms with van der Waals surface area (Å²) >= 11 is 3.51. The van der Waals surface area contributed by atoms with Crippen molar-refractivity contribution in [2.75, 3.05) is 19.8 Å². The number of carbonyl (C=O) groups excluding carboxylic acids is 1. The summed E-state index contributed by atoms with van der Waals surface area (Å²) in [5.74, 6) is 0. The molecule has 0 bridgehead atoms. The largest absolute Gasteiger partial charge is 0.444 e. The van der Waals surface area contributed by atoms with Crippen molar-refractivity contribution < 1.29 is 14.3 Å². The lowest BCUT2D eigenvalue weighted by Gasteiger charge is -2.37. The number of nitrogens with zero attached hydrogens (tertiary/aromatic N) is 1. The zero-order valence-electron chi connectivity index (χ0n) is 11.0. The Kier molecular flexibility index (Phi) is 5.25. The number of carbonyl (C=O) groups is 1. The van der Waals surface area contributed by atoms with Crippen LogP contribution in [0.3, 0.4) is 0 Å².